The predicted molar refractivity (Wildman–Crippen MR) is 120 cm³/mol. The van der Waals surface area contributed by atoms with Crippen molar-refractivity contribution in [3.05, 3.63) is 71.8 Å². The minimum Gasteiger partial charge on any atom is -0.381 e. The molecular formula is C26H34N2O2. The van der Waals surface area contributed by atoms with Gasteiger partial charge in [0.05, 0.1) is 0 Å². The van der Waals surface area contributed by atoms with Gasteiger partial charge in [-0.15, -0.1) is 0 Å². The summed E-state index contributed by atoms with van der Waals surface area (Å²) in [5, 5.41) is 10.4. The smallest absolute Gasteiger partial charge is 0.166 e. The zero-order valence-electron chi connectivity index (χ0n) is 18.0. The Morgan fingerprint density at radius 2 is 1.73 bits per heavy atom. The van der Waals surface area contributed by atoms with E-state index in [2.05, 4.69) is 47.2 Å². The van der Waals surface area contributed by atoms with Gasteiger partial charge in [0.1, 0.15) is 6.10 Å². The van der Waals surface area contributed by atoms with Gasteiger partial charge in [-0.3, -0.25) is 14.6 Å². The van der Waals surface area contributed by atoms with Crippen LogP contribution in [0.2, 0.25) is 0 Å². The largest absolute Gasteiger partial charge is 0.381 e. The van der Waals surface area contributed by atoms with Crippen LogP contribution in [0.5, 0.6) is 0 Å². The third kappa shape index (κ3) is 5.18. The number of hydrogen-bond donors (Lipinski definition) is 1. The zero-order valence-corrected chi connectivity index (χ0v) is 18.0. The number of aliphatic hydroxyl groups excluding tert-OH is 1. The molecule has 1 heterocycles. The molecule has 160 valence electrons. The van der Waals surface area contributed by atoms with Crippen molar-refractivity contribution in [2.45, 2.75) is 56.8 Å². The van der Waals surface area contributed by atoms with Gasteiger partial charge < -0.3 is 5.11 Å². The summed E-state index contributed by atoms with van der Waals surface area (Å²) in [6, 6.07) is 21.2. The fraction of sp³-hybridized carbons (Fsp3) is 0.500. The van der Waals surface area contributed by atoms with Crippen molar-refractivity contribution in [1.29, 1.82) is 0 Å². The average molecular weight is 407 g/mol. The fourth-order valence-electron chi connectivity index (χ4n) is 5.25. The number of likely N-dealkylation sites (N-methyl/N-ethyl adjacent to an activating group) is 1. The minimum atomic E-state index is -0.982. The first-order valence-corrected chi connectivity index (χ1v) is 11.3. The van der Waals surface area contributed by atoms with Gasteiger partial charge in [0, 0.05) is 38.1 Å². The van der Waals surface area contributed by atoms with Gasteiger partial charge in [-0.05, 0) is 49.8 Å². The summed E-state index contributed by atoms with van der Waals surface area (Å²) in [7, 11) is 2.27. The fourth-order valence-corrected chi connectivity index (χ4v) is 5.25. The van der Waals surface area contributed by atoms with Gasteiger partial charge in [-0.25, -0.2) is 0 Å². The molecule has 1 aliphatic heterocycles. The molecule has 0 amide bonds. The predicted octanol–water partition coefficient (Wildman–Crippen LogP) is 4.05. The second-order valence-electron chi connectivity index (χ2n) is 9.15. The van der Waals surface area contributed by atoms with Crippen molar-refractivity contribution in [2.75, 3.05) is 20.1 Å². The Balaban J connectivity index is 1.24. The van der Waals surface area contributed by atoms with Gasteiger partial charge in [-0.2, -0.15) is 0 Å². The zero-order chi connectivity index (χ0) is 20.9. The monoisotopic (exact) mass is 406 g/mol. The number of nitrogens with zero attached hydrogens (tertiary/aromatic N) is 2. The minimum absolute atomic E-state index is 0.0376. The van der Waals surface area contributed by atoms with E-state index in [1.54, 1.807) is 0 Å². The number of benzene rings is 2. The summed E-state index contributed by atoms with van der Waals surface area (Å²) in [5.74, 6) is 0.356. The maximum absolute atomic E-state index is 12.6. The van der Waals surface area contributed by atoms with Crippen LogP contribution >= 0.6 is 0 Å². The molecular weight excluding hydrogens is 372 g/mol. The molecule has 4 atom stereocenters. The van der Waals surface area contributed by atoms with Crippen LogP contribution in [0.15, 0.2) is 60.7 Å². The molecule has 0 aromatic heterocycles. The maximum Gasteiger partial charge on any atom is 0.166 e. The number of rotatable bonds is 8. The molecule has 4 unspecified atom stereocenters. The van der Waals surface area contributed by atoms with Gasteiger partial charge in [0.15, 0.2) is 5.78 Å². The van der Waals surface area contributed by atoms with E-state index in [9.17, 15) is 9.90 Å². The first-order valence-electron chi connectivity index (χ1n) is 11.3. The lowest BCUT2D eigenvalue weighted by atomic mass is 9.95. The summed E-state index contributed by atoms with van der Waals surface area (Å²) in [6.07, 6.45) is 4.04. The molecule has 4 rings (SSSR count). The SMILES string of the molecule is CN(C1CCC(CC(=O)C(O)c2ccccc2)C1)C1CCN(Cc2ccccc2)C1. The van der Waals surface area contributed by atoms with Crippen LogP contribution in [0.3, 0.4) is 0 Å². The highest BCUT2D eigenvalue weighted by Crippen LogP contribution is 2.34. The topological polar surface area (TPSA) is 43.8 Å². The summed E-state index contributed by atoms with van der Waals surface area (Å²) in [5.41, 5.74) is 2.09. The molecule has 30 heavy (non-hydrogen) atoms. The molecule has 2 aliphatic rings. The lowest BCUT2D eigenvalue weighted by Crippen LogP contribution is -2.40. The number of carbonyl (C=O) groups is 1. The van der Waals surface area contributed by atoms with Gasteiger partial charge >= 0.3 is 0 Å². The number of Topliss-reactive ketones (excluding diaryl/α,β-unsaturated/α-hetero) is 1. The first kappa shape index (κ1) is 21.2. The van der Waals surface area contributed by atoms with Crippen LogP contribution in [-0.4, -0.2) is 52.9 Å². The van der Waals surface area contributed by atoms with E-state index in [0.717, 1.165) is 38.9 Å². The van der Waals surface area contributed by atoms with E-state index in [1.165, 1.54) is 12.0 Å². The second kappa shape index (κ2) is 9.86. The maximum atomic E-state index is 12.6. The van der Waals surface area contributed by atoms with E-state index >= 15 is 0 Å². The van der Waals surface area contributed by atoms with E-state index in [0.29, 0.717) is 30.0 Å². The molecule has 0 bridgehead atoms. The van der Waals surface area contributed by atoms with Crippen molar-refractivity contribution in [1.82, 2.24) is 9.80 Å². The molecule has 0 spiro atoms. The van der Waals surface area contributed by atoms with Crippen LogP contribution in [-0.2, 0) is 11.3 Å². The average Bonchev–Trinajstić information content (AvgIpc) is 3.44. The molecule has 4 heteroatoms. The molecule has 4 nitrogen and oxygen atoms in total. The van der Waals surface area contributed by atoms with Crippen molar-refractivity contribution < 1.29 is 9.90 Å². The van der Waals surface area contributed by atoms with Gasteiger partial charge in [0.25, 0.3) is 0 Å². The lowest BCUT2D eigenvalue weighted by molar-refractivity contribution is -0.128. The van der Waals surface area contributed by atoms with Crippen molar-refractivity contribution in [3.63, 3.8) is 0 Å². The van der Waals surface area contributed by atoms with Crippen LogP contribution in [0.4, 0.5) is 0 Å². The van der Waals surface area contributed by atoms with Crippen molar-refractivity contribution in [3.8, 4) is 0 Å². The highest BCUT2D eigenvalue weighted by molar-refractivity contribution is 5.84. The standard InChI is InChI=1S/C26H34N2O2/c1-27(24-14-15-28(19-24)18-20-8-4-2-5-9-20)23-13-12-21(16-23)17-25(29)26(30)22-10-6-3-7-11-22/h2-11,21,23-24,26,30H,12-19H2,1H3. The van der Waals surface area contributed by atoms with E-state index in [4.69, 9.17) is 0 Å². The summed E-state index contributed by atoms with van der Waals surface area (Å²) in [4.78, 5) is 17.7. The molecule has 2 aromatic rings. The van der Waals surface area contributed by atoms with Gasteiger partial charge in [-0.1, -0.05) is 60.7 Å². The molecule has 2 fully saturated rings. The molecule has 1 saturated carbocycles. The molecule has 1 saturated heterocycles. The number of carbonyl (C=O) groups excluding carboxylic acids is 1. The number of likely N-dealkylation sites (tertiary alicyclic amines) is 1. The first-order chi connectivity index (χ1) is 14.6. The summed E-state index contributed by atoms with van der Waals surface area (Å²) in [6.45, 7) is 3.31. The Kier molecular flexibility index (Phi) is 6.98. The van der Waals surface area contributed by atoms with Crippen LogP contribution in [0, 0.1) is 5.92 Å². The second-order valence-corrected chi connectivity index (χ2v) is 9.15. The van der Waals surface area contributed by atoms with E-state index in [1.807, 2.05) is 30.3 Å². The molecule has 1 aliphatic carbocycles. The Labute approximate surface area is 180 Å². The van der Waals surface area contributed by atoms with E-state index < -0.39 is 6.10 Å². The van der Waals surface area contributed by atoms with Crippen LogP contribution in [0.25, 0.3) is 0 Å². The third-order valence-corrected chi connectivity index (χ3v) is 7.07. The van der Waals surface area contributed by atoms with E-state index in [-0.39, 0.29) is 5.78 Å². The van der Waals surface area contributed by atoms with Crippen LogP contribution < -0.4 is 0 Å². The van der Waals surface area contributed by atoms with Crippen molar-refractivity contribution >= 4 is 5.78 Å². The molecule has 1 N–H and O–H groups in total. The normalized spacial score (nSPS) is 25.6. The number of ketones is 1. The number of aliphatic hydroxyl groups is 1. The Morgan fingerprint density at radius 1 is 1.03 bits per heavy atom. The summed E-state index contributed by atoms with van der Waals surface area (Å²) >= 11 is 0. The van der Waals surface area contributed by atoms with Gasteiger partial charge in [0.2, 0.25) is 0 Å². The quantitative estimate of drug-likeness (QED) is 0.718. The summed E-state index contributed by atoms with van der Waals surface area (Å²) < 4.78 is 0. The highest BCUT2D eigenvalue weighted by atomic mass is 16.3. The highest BCUT2D eigenvalue weighted by Gasteiger charge is 2.35. The van der Waals surface area contributed by atoms with Crippen molar-refractivity contribution in [2.24, 2.45) is 5.92 Å². The lowest BCUT2D eigenvalue weighted by Gasteiger charge is -2.31. The van der Waals surface area contributed by atoms with Crippen LogP contribution in [0.1, 0.15) is 49.3 Å². The Bertz CT molecular complexity index is 810. The molecule has 2 aromatic carbocycles. The number of hydrogen-bond acceptors (Lipinski definition) is 4. The third-order valence-electron chi connectivity index (χ3n) is 7.07. The Hall–Kier alpha value is -2.01. The Morgan fingerprint density at radius 3 is 2.47 bits per heavy atom. The molecule has 0 radical (unpaired) electrons.